The first kappa shape index (κ1) is 18.6. The van der Waals surface area contributed by atoms with Gasteiger partial charge in [0.25, 0.3) is 0 Å². The summed E-state index contributed by atoms with van der Waals surface area (Å²) in [6.45, 7) is -0.171. The number of anilines is 1. The number of aromatic nitrogens is 1. The lowest BCUT2D eigenvalue weighted by Crippen LogP contribution is -2.24. The van der Waals surface area contributed by atoms with Gasteiger partial charge in [0.15, 0.2) is 17.3 Å². The zero-order valence-corrected chi connectivity index (χ0v) is 16.0. The number of nitrogen functional groups attached to an aromatic ring is 1. The predicted octanol–water partition coefficient (Wildman–Crippen LogP) is 3.65. The van der Waals surface area contributed by atoms with E-state index in [1.807, 2.05) is 0 Å². The van der Waals surface area contributed by atoms with Crippen LogP contribution in [-0.4, -0.2) is 22.7 Å². The lowest BCUT2D eigenvalue weighted by Gasteiger charge is -2.20. The molecule has 5 rings (SSSR count). The standard InChI is InChI=1S/C23H14N2O6/c24-20-16(23(28)30-11-12-10-18(31-25-12)17-6-3-9-29-17)8-7-15-19(20)22(27)14-5-2-1-4-13(14)21(15)26/h1-10H,11,24H2. The Kier molecular flexibility index (Phi) is 4.25. The molecule has 31 heavy (non-hydrogen) atoms. The van der Waals surface area contributed by atoms with E-state index in [0.717, 1.165) is 0 Å². The van der Waals surface area contributed by atoms with E-state index >= 15 is 0 Å². The van der Waals surface area contributed by atoms with E-state index in [1.54, 1.807) is 42.5 Å². The fourth-order valence-electron chi connectivity index (χ4n) is 3.52. The van der Waals surface area contributed by atoms with E-state index in [2.05, 4.69) is 5.16 Å². The largest absolute Gasteiger partial charge is 0.461 e. The fourth-order valence-corrected chi connectivity index (χ4v) is 3.52. The number of fused-ring (bicyclic) bond motifs is 2. The summed E-state index contributed by atoms with van der Waals surface area (Å²) < 4.78 is 15.7. The van der Waals surface area contributed by atoms with Crippen LogP contribution in [-0.2, 0) is 11.3 Å². The van der Waals surface area contributed by atoms with Gasteiger partial charge < -0.3 is 19.4 Å². The van der Waals surface area contributed by atoms with Gasteiger partial charge in [-0.05, 0) is 24.3 Å². The zero-order valence-electron chi connectivity index (χ0n) is 16.0. The van der Waals surface area contributed by atoms with Gasteiger partial charge >= 0.3 is 5.97 Å². The van der Waals surface area contributed by atoms with Crippen molar-refractivity contribution in [3.8, 4) is 11.5 Å². The molecule has 2 aromatic heterocycles. The smallest absolute Gasteiger partial charge is 0.340 e. The quantitative estimate of drug-likeness (QED) is 0.349. The average molecular weight is 414 g/mol. The van der Waals surface area contributed by atoms with Crippen LogP contribution in [0.4, 0.5) is 5.69 Å². The van der Waals surface area contributed by atoms with E-state index in [9.17, 15) is 14.4 Å². The molecular weight excluding hydrogens is 400 g/mol. The minimum Gasteiger partial charge on any atom is -0.461 e. The van der Waals surface area contributed by atoms with Crippen LogP contribution in [0.25, 0.3) is 11.5 Å². The molecule has 2 N–H and O–H groups in total. The van der Waals surface area contributed by atoms with Gasteiger partial charge in [0.05, 0.1) is 23.1 Å². The van der Waals surface area contributed by atoms with Crippen molar-refractivity contribution < 1.29 is 28.1 Å². The molecule has 0 unspecified atom stereocenters. The van der Waals surface area contributed by atoms with Crippen LogP contribution in [0.2, 0.25) is 0 Å². The third-order valence-electron chi connectivity index (χ3n) is 5.03. The number of furan rings is 1. The molecule has 1 aliphatic rings. The minimum atomic E-state index is -0.748. The fraction of sp³-hybridized carbons (Fsp3) is 0.0435. The number of ketones is 2. The molecule has 2 aromatic carbocycles. The summed E-state index contributed by atoms with van der Waals surface area (Å²) >= 11 is 0. The maximum Gasteiger partial charge on any atom is 0.340 e. The Hall–Kier alpha value is -4.46. The predicted molar refractivity (Wildman–Crippen MR) is 107 cm³/mol. The molecular formula is C23H14N2O6. The highest BCUT2D eigenvalue weighted by Crippen LogP contribution is 2.33. The van der Waals surface area contributed by atoms with Crippen molar-refractivity contribution in [1.82, 2.24) is 5.16 Å². The van der Waals surface area contributed by atoms with Crippen molar-refractivity contribution in [2.45, 2.75) is 6.61 Å². The highest BCUT2D eigenvalue weighted by Gasteiger charge is 2.33. The lowest BCUT2D eigenvalue weighted by molar-refractivity contribution is 0.0465. The molecule has 152 valence electrons. The van der Waals surface area contributed by atoms with Gasteiger partial charge in [-0.1, -0.05) is 29.4 Å². The molecule has 2 heterocycles. The topological polar surface area (TPSA) is 126 Å². The van der Waals surface area contributed by atoms with Gasteiger partial charge in [0.1, 0.15) is 12.3 Å². The maximum atomic E-state index is 12.9. The van der Waals surface area contributed by atoms with Gasteiger partial charge in [0, 0.05) is 22.8 Å². The Bertz CT molecular complexity index is 1350. The molecule has 0 aliphatic heterocycles. The normalized spacial score (nSPS) is 12.4. The Morgan fingerprint density at radius 3 is 2.45 bits per heavy atom. The summed E-state index contributed by atoms with van der Waals surface area (Å²) in [5.74, 6) is -0.580. The van der Waals surface area contributed by atoms with Crippen LogP contribution >= 0.6 is 0 Å². The molecule has 4 aromatic rings. The first-order valence-corrected chi connectivity index (χ1v) is 9.32. The molecule has 0 saturated heterocycles. The number of ether oxygens (including phenoxy) is 1. The molecule has 0 amide bonds. The van der Waals surface area contributed by atoms with Crippen LogP contribution < -0.4 is 5.73 Å². The number of nitrogens with two attached hydrogens (primary N) is 1. The molecule has 8 heteroatoms. The molecule has 0 bridgehead atoms. The summed E-state index contributed by atoms with van der Waals surface area (Å²) in [5, 5.41) is 3.84. The highest BCUT2D eigenvalue weighted by atomic mass is 16.5. The number of carbonyl (C=O) groups excluding carboxylic acids is 3. The van der Waals surface area contributed by atoms with Crippen molar-refractivity contribution in [3.63, 3.8) is 0 Å². The van der Waals surface area contributed by atoms with E-state index < -0.39 is 11.8 Å². The van der Waals surface area contributed by atoms with Crippen LogP contribution in [0.5, 0.6) is 0 Å². The third-order valence-corrected chi connectivity index (χ3v) is 5.03. The second kappa shape index (κ2) is 7.10. The van der Waals surface area contributed by atoms with Crippen molar-refractivity contribution in [2.75, 3.05) is 5.73 Å². The first-order chi connectivity index (χ1) is 15.0. The number of hydrogen-bond acceptors (Lipinski definition) is 8. The molecule has 0 atom stereocenters. The van der Waals surface area contributed by atoms with Crippen LogP contribution in [0.3, 0.4) is 0 Å². The zero-order chi connectivity index (χ0) is 21.5. The van der Waals surface area contributed by atoms with Crippen molar-refractivity contribution in [1.29, 1.82) is 0 Å². The van der Waals surface area contributed by atoms with E-state index in [4.69, 9.17) is 19.4 Å². The number of esters is 1. The maximum absolute atomic E-state index is 12.9. The van der Waals surface area contributed by atoms with Crippen LogP contribution in [0, 0.1) is 0 Å². The first-order valence-electron chi connectivity index (χ1n) is 9.32. The second-order valence-corrected chi connectivity index (χ2v) is 6.89. The Morgan fingerprint density at radius 1 is 0.935 bits per heavy atom. The molecule has 1 aliphatic carbocycles. The monoisotopic (exact) mass is 414 g/mol. The molecule has 0 saturated carbocycles. The van der Waals surface area contributed by atoms with Crippen molar-refractivity contribution in [2.24, 2.45) is 0 Å². The van der Waals surface area contributed by atoms with Crippen molar-refractivity contribution in [3.05, 3.63) is 94.4 Å². The lowest BCUT2D eigenvalue weighted by atomic mass is 9.82. The number of nitrogens with zero attached hydrogens (tertiary/aromatic N) is 1. The summed E-state index contributed by atoms with van der Waals surface area (Å²) in [7, 11) is 0. The van der Waals surface area contributed by atoms with Crippen LogP contribution in [0.15, 0.2) is 69.8 Å². The van der Waals surface area contributed by atoms with Gasteiger partial charge in [0.2, 0.25) is 5.76 Å². The molecule has 0 spiro atoms. The van der Waals surface area contributed by atoms with Gasteiger partial charge in [-0.25, -0.2) is 4.79 Å². The minimum absolute atomic E-state index is 0.00552. The summed E-state index contributed by atoms with van der Waals surface area (Å²) in [4.78, 5) is 38.3. The summed E-state index contributed by atoms with van der Waals surface area (Å²) in [5.41, 5.74) is 7.15. The van der Waals surface area contributed by atoms with Gasteiger partial charge in [-0.2, -0.15) is 0 Å². The van der Waals surface area contributed by atoms with E-state index in [-0.39, 0.29) is 40.3 Å². The third kappa shape index (κ3) is 3.01. The Morgan fingerprint density at radius 2 is 1.71 bits per heavy atom. The Labute approximate surface area is 175 Å². The van der Waals surface area contributed by atoms with E-state index in [0.29, 0.717) is 22.8 Å². The number of rotatable bonds is 4. The number of carbonyl (C=O) groups is 3. The molecule has 8 nitrogen and oxygen atoms in total. The summed E-state index contributed by atoms with van der Waals surface area (Å²) in [6, 6.07) is 14.3. The summed E-state index contributed by atoms with van der Waals surface area (Å²) in [6.07, 6.45) is 1.50. The molecule has 0 fully saturated rings. The van der Waals surface area contributed by atoms with E-state index in [1.165, 1.54) is 18.4 Å². The number of benzene rings is 2. The second-order valence-electron chi connectivity index (χ2n) is 6.89. The average Bonchev–Trinajstić information content (AvgIpc) is 3.47. The van der Waals surface area contributed by atoms with Crippen LogP contribution in [0.1, 0.15) is 47.9 Å². The highest BCUT2D eigenvalue weighted by molar-refractivity contribution is 6.30. The van der Waals surface area contributed by atoms with Crippen molar-refractivity contribution >= 4 is 23.2 Å². The Balaban J connectivity index is 1.39. The number of hydrogen-bond donors (Lipinski definition) is 1. The SMILES string of the molecule is Nc1c(C(=O)OCc2cc(-c3ccco3)on2)ccc2c1C(=O)c1ccccc1C2=O. The van der Waals surface area contributed by atoms with Gasteiger partial charge in [-0.3, -0.25) is 9.59 Å². The molecule has 0 radical (unpaired) electrons. The van der Waals surface area contributed by atoms with Gasteiger partial charge in [-0.15, -0.1) is 0 Å².